The Kier molecular flexibility index (Phi) is 7.23. The molecule has 2 unspecified atom stereocenters. The Bertz CT molecular complexity index is 825. The zero-order valence-corrected chi connectivity index (χ0v) is 17.0. The molecule has 2 aromatic rings. The van der Waals surface area contributed by atoms with Gasteiger partial charge in [0.1, 0.15) is 0 Å². The number of methoxy groups -OCH3 is 1. The van der Waals surface area contributed by atoms with Crippen LogP contribution in [0.3, 0.4) is 0 Å². The van der Waals surface area contributed by atoms with Crippen LogP contribution in [0.2, 0.25) is 0 Å². The third-order valence-electron chi connectivity index (χ3n) is 5.64. The summed E-state index contributed by atoms with van der Waals surface area (Å²) in [5, 5.41) is 15.1. The molecule has 3 N–H and O–H groups in total. The zero-order chi connectivity index (χ0) is 20.8. The van der Waals surface area contributed by atoms with Crippen molar-refractivity contribution in [2.24, 2.45) is 0 Å². The molecule has 29 heavy (non-hydrogen) atoms. The number of aliphatic hydroxyl groups excluding tert-OH is 1. The molecular formula is C23H29FN2O3. The van der Waals surface area contributed by atoms with E-state index in [2.05, 4.69) is 17.6 Å². The highest BCUT2D eigenvalue weighted by atomic mass is 19.1. The third kappa shape index (κ3) is 5.34. The maximum Gasteiger partial charge on any atom is 0.251 e. The molecule has 0 saturated heterocycles. The summed E-state index contributed by atoms with van der Waals surface area (Å²) < 4.78 is 18.7. The van der Waals surface area contributed by atoms with Gasteiger partial charge in [-0.25, -0.2) is 4.39 Å². The minimum atomic E-state index is -0.349. The van der Waals surface area contributed by atoms with Crippen LogP contribution < -0.4 is 15.4 Å². The van der Waals surface area contributed by atoms with Crippen LogP contribution >= 0.6 is 0 Å². The smallest absolute Gasteiger partial charge is 0.251 e. The van der Waals surface area contributed by atoms with E-state index >= 15 is 0 Å². The van der Waals surface area contributed by atoms with E-state index in [1.807, 2.05) is 24.3 Å². The van der Waals surface area contributed by atoms with Crippen LogP contribution in [0.15, 0.2) is 42.5 Å². The molecule has 0 heterocycles. The van der Waals surface area contributed by atoms with Crippen molar-refractivity contribution in [1.82, 2.24) is 10.6 Å². The van der Waals surface area contributed by atoms with Gasteiger partial charge in [-0.05, 0) is 67.5 Å². The van der Waals surface area contributed by atoms with E-state index in [4.69, 9.17) is 9.84 Å². The highest BCUT2D eigenvalue weighted by Gasteiger charge is 2.27. The van der Waals surface area contributed by atoms with Crippen LogP contribution in [-0.2, 0) is 0 Å². The molecule has 6 heteroatoms. The molecule has 0 radical (unpaired) electrons. The number of halogens is 1. The molecule has 5 nitrogen and oxygen atoms in total. The number of rotatable bonds is 8. The van der Waals surface area contributed by atoms with Crippen molar-refractivity contribution >= 4 is 5.91 Å². The van der Waals surface area contributed by atoms with E-state index in [1.54, 1.807) is 12.1 Å². The fourth-order valence-electron chi connectivity index (χ4n) is 4.01. The number of amides is 1. The molecule has 156 valence electrons. The van der Waals surface area contributed by atoms with Gasteiger partial charge in [0.15, 0.2) is 11.6 Å². The van der Waals surface area contributed by atoms with E-state index in [1.165, 1.54) is 18.7 Å². The number of ether oxygens (including phenoxy) is 1. The normalized spacial score (nSPS) is 19.7. The van der Waals surface area contributed by atoms with Crippen molar-refractivity contribution in [2.75, 3.05) is 20.3 Å². The largest absolute Gasteiger partial charge is 0.494 e. The lowest BCUT2D eigenvalue weighted by Crippen LogP contribution is -2.29. The topological polar surface area (TPSA) is 70.6 Å². The van der Waals surface area contributed by atoms with Crippen molar-refractivity contribution in [3.63, 3.8) is 0 Å². The molecule has 1 aliphatic carbocycles. The highest BCUT2D eigenvalue weighted by Crippen LogP contribution is 2.35. The van der Waals surface area contributed by atoms with E-state index in [-0.39, 0.29) is 36.7 Å². The summed E-state index contributed by atoms with van der Waals surface area (Å²) in [6.45, 7) is 2.28. The molecule has 1 saturated carbocycles. The Morgan fingerprint density at radius 1 is 1.24 bits per heavy atom. The number of benzene rings is 2. The van der Waals surface area contributed by atoms with Crippen LogP contribution in [0.4, 0.5) is 4.39 Å². The minimum absolute atomic E-state index is 0.0661. The average Bonchev–Trinajstić information content (AvgIpc) is 3.20. The van der Waals surface area contributed by atoms with Gasteiger partial charge in [-0.2, -0.15) is 0 Å². The average molecular weight is 400 g/mol. The molecule has 3 rings (SSSR count). The number of nitrogens with one attached hydrogen (secondary N) is 2. The summed E-state index contributed by atoms with van der Waals surface area (Å²) in [7, 11) is 1.48. The summed E-state index contributed by atoms with van der Waals surface area (Å²) in [6.07, 6.45) is 3.19. The van der Waals surface area contributed by atoms with Gasteiger partial charge in [-0.1, -0.05) is 18.2 Å². The fourth-order valence-corrected chi connectivity index (χ4v) is 4.01. The second kappa shape index (κ2) is 9.85. The van der Waals surface area contributed by atoms with E-state index in [9.17, 15) is 9.18 Å². The second-order valence-electron chi connectivity index (χ2n) is 7.59. The first kappa shape index (κ1) is 21.3. The van der Waals surface area contributed by atoms with Crippen molar-refractivity contribution in [3.8, 4) is 5.75 Å². The van der Waals surface area contributed by atoms with Gasteiger partial charge in [0.25, 0.3) is 5.91 Å². The first-order valence-corrected chi connectivity index (χ1v) is 10.1. The molecule has 3 atom stereocenters. The first-order valence-electron chi connectivity index (χ1n) is 10.1. The Labute approximate surface area is 171 Å². The van der Waals surface area contributed by atoms with Crippen molar-refractivity contribution in [1.29, 1.82) is 0 Å². The SMILES string of the molecule is COc1cc([C@@H](C)NC2CCC(c3ccc(C(=O)NCCO)cc3)C2)ccc1F. The quantitative estimate of drug-likeness (QED) is 0.634. The molecule has 0 spiro atoms. The van der Waals surface area contributed by atoms with E-state index in [0.717, 1.165) is 24.8 Å². The zero-order valence-electron chi connectivity index (χ0n) is 17.0. The number of carbonyl (C=O) groups excluding carboxylic acids is 1. The number of hydrogen-bond acceptors (Lipinski definition) is 4. The van der Waals surface area contributed by atoms with E-state index in [0.29, 0.717) is 17.5 Å². The minimum Gasteiger partial charge on any atom is -0.494 e. The van der Waals surface area contributed by atoms with Crippen LogP contribution in [0, 0.1) is 5.82 Å². The van der Waals surface area contributed by atoms with Gasteiger partial charge >= 0.3 is 0 Å². The fraction of sp³-hybridized carbons (Fsp3) is 0.435. The number of aliphatic hydroxyl groups is 1. The summed E-state index contributed by atoms with van der Waals surface area (Å²) in [6, 6.07) is 13.2. The van der Waals surface area contributed by atoms with E-state index < -0.39 is 0 Å². The number of carbonyl (C=O) groups is 1. The first-order chi connectivity index (χ1) is 14.0. The predicted octanol–water partition coefficient (Wildman–Crippen LogP) is 3.54. The Morgan fingerprint density at radius 3 is 2.69 bits per heavy atom. The Hall–Kier alpha value is -2.44. The second-order valence-corrected chi connectivity index (χ2v) is 7.59. The monoisotopic (exact) mass is 400 g/mol. The molecule has 0 aliphatic heterocycles. The Balaban J connectivity index is 1.56. The molecule has 1 amide bonds. The van der Waals surface area contributed by atoms with Crippen molar-refractivity contribution in [2.45, 2.75) is 44.2 Å². The lowest BCUT2D eigenvalue weighted by atomic mass is 9.96. The van der Waals surface area contributed by atoms with Crippen molar-refractivity contribution in [3.05, 3.63) is 65.0 Å². The lowest BCUT2D eigenvalue weighted by molar-refractivity contribution is 0.0944. The third-order valence-corrected chi connectivity index (χ3v) is 5.64. The van der Waals surface area contributed by atoms with Crippen molar-refractivity contribution < 1.29 is 19.0 Å². The summed E-state index contributed by atoms with van der Waals surface area (Å²) in [5.74, 6) is 0.207. The Morgan fingerprint density at radius 2 is 2.00 bits per heavy atom. The predicted molar refractivity (Wildman–Crippen MR) is 111 cm³/mol. The van der Waals surface area contributed by atoms with Crippen LogP contribution in [0.1, 0.15) is 59.6 Å². The van der Waals surface area contributed by atoms with Crippen LogP contribution in [-0.4, -0.2) is 37.3 Å². The summed E-state index contributed by atoms with van der Waals surface area (Å²) in [4.78, 5) is 11.9. The molecule has 1 fully saturated rings. The lowest BCUT2D eigenvalue weighted by Gasteiger charge is -2.21. The summed E-state index contributed by atoms with van der Waals surface area (Å²) in [5.41, 5.74) is 2.85. The molecule has 0 aromatic heterocycles. The van der Waals surface area contributed by atoms with Gasteiger partial charge in [0.05, 0.1) is 13.7 Å². The maximum absolute atomic E-state index is 13.6. The standard InChI is InChI=1S/C23H29FN2O3/c1-15(18-8-10-21(24)22(14-18)29-2)26-20-9-7-19(13-20)16-3-5-17(6-4-16)23(28)25-11-12-27/h3-6,8,10,14-15,19-20,26-27H,7,9,11-13H2,1-2H3,(H,25,28)/t15-,19?,20?/m1/s1. The molecule has 2 aromatic carbocycles. The van der Waals surface area contributed by atoms with Crippen LogP contribution in [0.25, 0.3) is 0 Å². The highest BCUT2D eigenvalue weighted by molar-refractivity contribution is 5.94. The molecular weight excluding hydrogens is 371 g/mol. The van der Waals surface area contributed by atoms with Gasteiger partial charge in [0, 0.05) is 24.2 Å². The van der Waals surface area contributed by atoms with Gasteiger partial charge in [-0.15, -0.1) is 0 Å². The maximum atomic E-state index is 13.6. The van der Waals surface area contributed by atoms with Gasteiger partial charge in [-0.3, -0.25) is 4.79 Å². The molecule has 0 bridgehead atoms. The van der Waals surface area contributed by atoms with Gasteiger partial charge < -0.3 is 20.5 Å². The number of hydrogen-bond donors (Lipinski definition) is 3. The summed E-state index contributed by atoms with van der Waals surface area (Å²) >= 11 is 0. The van der Waals surface area contributed by atoms with Gasteiger partial charge in [0.2, 0.25) is 0 Å². The molecule has 1 aliphatic rings. The van der Waals surface area contributed by atoms with Crippen LogP contribution in [0.5, 0.6) is 5.75 Å².